The fourth-order valence-electron chi connectivity index (χ4n) is 1.48. The normalized spacial score (nSPS) is 10.6. The summed E-state index contributed by atoms with van der Waals surface area (Å²) in [6, 6.07) is 3.29. The summed E-state index contributed by atoms with van der Waals surface area (Å²) in [5, 5.41) is 10.7. The number of ketones is 1. The van der Waals surface area contributed by atoms with Crippen molar-refractivity contribution in [2.24, 2.45) is 5.92 Å². The number of carbonyl (C=O) groups is 1. The summed E-state index contributed by atoms with van der Waals surface area (Å²) in [6.45, 7) is 3.53. The summed E-state index contributed by atoms with van der Waals surface area (Å²) in [7, 11) is 0. The molecule has 0 N–H and O–H groups in total. The van der Waals surface area contributed by atoms with Gasteiger partial charge in [-0.05, 0) is 18.6 Å². The van der Waals surface area contributed by atoms with E-state index >= 15 is 0 Å². The predicted octanol–water partition coefficient (Wildman–Crippen LogP) is 2.89. The molecule has 1 aromatic carbocycles. The number of hydrogen-bond donors (Lipinski definition) is 0. The van der Waals surface area contributed by atoms with E-state index < -0.39 is 10.7 Å². The van der Waals surface area contributed by atoms with Gasteiger partial charge in [-0.15, -0.1) is 0 Å². The van der Waals surface area contributed by atoms with E-state index in [1.165, 1.54) is 0 Å². The number of Topliss-reactive ketones (excluding diaryl/α,β-unsaturated/α-hetero) is 1. The fourth-order valence-corrected chi connectivity index (χ4v) is 1.48. The molecule has 17 heavy (non-hydrogen) atoms. The minimum absolute atomic E-state index is 0.0172. The molecular formula is C12H14FNO3. The Hall–Kier alpha value is -1.78. The highest BCUT2D eigenvalue weighted by Gasteiger charge is 2.16. The highest BCUT2D eigenvalue weighted by molar-refractivity contribution is 5.80. The number of halogens is 1. The minimum Gasteiger partial charge on any atom is -0.299 e. The van der Waals surface area contributed by atoms with Crippen LogP contribution in [0.4, 0.5) is 10.1 Å². The zero-order valence-corrected chi connectivity index (χ0v) is 9.77. The number of nitro benzene ring substituents is 1. The van der Waals surface area contributed by atoms with Crippen molar-refractivity contribution in [3.05, 3.63) is 39.7 Å². The Kier molecular flexibility index (Phi) is 4.31. The molecule has 0 saturated carbocycles. The van der Waals surface area contributed by atoms with Crippen molar-refractivity contribution in [3.8, 4) is 0 Å². The van der Waals surface area contributed by atoms with E-state index in [0.717, 1.165) is 18.2 Å². The van der Waals surface area contributed by atoms with E-state index in [1.807, 2.05) is 0 Å². The van der Waals surface area contributed by atoms with Crippen molar-refractivity contribution < 1.29 is 14.1 Å². The van der Waals surface area contributed by atoms with Gasteiger partial charge in [-0.3, -0.25) is 14.9 Å². The lowest BCUT2D eigenvalue weighted by molar-refractivity contribution is -0.385. The molecular weight excluding hydrogens is 225 g/mol. The van der Waals surface area contributed by atoms with Crippen molar-refractivity contribution in [2.75, 3.05) is 0 Å². The van der Waals surface area contributed by atoms with E-state index in [9.17, 15) is 19.3 Å². The van der Waals surface area contributed by atoms with E-state index in [1.54, 1.807) is 13.8 Å². The van der Waals surface area contributed by atoms with Crippen LogP contribution in [0.5, 0.6) is 0 Å². The van der Waals surface area contributed by atoms with E-state index in [0.29, 0.717) is 0 Å². The number of rotatable bonds is 5. The molecule has 1 rings (SSSR count). The number of aryl methyl sites for hydroxylation is 1. The van der Waals surface area contributed by atoms with Gasteiger partial charge in [-0.25, -0.2) is 4.39 Å². The minimum atomic E-state index is -0.561. The molecule has 0 atom stereocenters. The predicted molar refractivity (Wildman–Crippen MR) is 61.2 cm³/mol. The number of nitro groups is 1. The van der Waals surface area contributed by atoms with Gasteiger partial charge in [0.25, 0.3) is 5.69 Å². The van der Waals surface area contributed by atoms with Crippen molar-refractivity contribution in [1.82, 2.24) is 0 Å². The van der Waals surface area contributed by atoms with Gasteiger partial charge >= 0.3 is 0 Å². The lowest BCUT2D eigenvalue weighted by Gasteiger charge is -2.05. The second-order valence-electron chi connectivity index (χ2n) is 4.15. The maximum absolute atomic E-state index is 13.0. The summed E-state index contributed by atoms with van der Waals surface area (Å²) < 4.78 is 13.0. The lowest BCUT2D eigenvalue weighted by Crippen LogP contribution is -2.08. The number of nitrogens with zero attached hydrogens (tertiary/aromatic N) is 1. The van der Waals surface area contributed by atoms with Crippen LogP contribution in [0.25, 0.3) is 0 Å². The third kappa shape index (κ3) is 3.62. The highest BCUT2D eigenvalue weighted by atomic mass is 19.1. The van der Waals surface area contributed by atoms with Gasteiger partial charge in [0.15, 0.2) is 0 Å². The quantitative estimate of drug-likeness (QED) is 0.586. The maximum Gasteiger partial charge on any atom is 0.272 e. The molecule has 0 heterocycles. The van der Waals surface area contributed by atoms with Crippen LogP contribution in [0, 0.1) is 21.8 Å². The van der Waals surface area contributed by atoms with E-state index in [-0.39, 0.29) is 35.8 Å². The molecule has 0 bridgehead atoms. The molecule has 0 aromatic heterocycles. The van der Waals surface area contributed by atoms with Gasteiger partial charge in [-0.1, -0.05) is 13.8 Å². The topological polar surface area (TPSA) is 60.2 Å². The standard InChI is InChI=1S/C12H14FNO3/c1-8(2)12(15)6-3-9-7-10(13)4-5-11(9)14(16)17/h4-5,7-8H,3,6H2,1-2H3. The molecule has 5 heteroatoms. The molecule has 0 radical (unpaired) electrons. The number of carbonyl (C=O) groups excluding carboxylic acids is 1. The molecule has 1 aromatic rings. The molecule has 92 valence electrons. The molecule has 0 aliphatic rings. The third-order valence-corrected chi connectivity index (χ3v) is 2.52. The smallest absolute Gasteiger partial charge is 0.272 e. The van der Waals surface area contributed by atoms with Gasteiger partial charge in [0.2, 0.25) is 0 Å². The molecule has 0 unspecified atom stereocenters. The van der Waals surface area contributed by atoms with Crippen LogP contribution in [-0.4, -0.2) is 10.7 Å². The lowest BCUT2D eigenvalue weighted by atomic mass is 10.00. The molecule has 0 amide bonds. The Labute approximate surface area is 98.6 Å². The summed E-state index contributed by atoms with van der Waals surface area (Å²) in [6.07, 6.45) is 0.396. The molecule has 0 aliphatic carbocycles. The van der Waals surface area contributed by atoms with Gasteiger partial charge < -0.3 is 0 Å². The Morgan fingerprint density at radius 1 is 1.47 bits per heavy atom. The first-order valence-electron chi connectivity index (χ1n) is 5.37. The van der Waals surface area contributed by atoms with Gasteiger partial charge in [0, 0.05) is 24.0 Å². The van der Waals surface area contributed by atoms with E-state index in [2.05, 4.69) is 0 Å². The molecule has 0 fully saturated rings. The van der Waals surface area contributed by atoms with Crippen LogP contribution in [0.1, 0.15) is 25.8 Å². The second kappa shape index (κ2) is 5.52. The largest absolute Gasteiger partial charge is 0.299 e. The zero-order valence-electron chi connectivity index (χ0n) is 9.77. The summed E-state index contributed by atoms with van der Waals surface area (Å²) >= 11 is 0. The van der Waals surface area contributed by atoms with Crippen LogP contribution in [0.15, 0.2) is 18.2 Å². The van der Waals surface area contributed by atoms with Gasteiger partial charge in [-0.2, -0.15) is 0 Å². The second-order valence-corrected chi connectivity index (χ2v) is 4.15. The Bertz CT molecular complexity index is 443. The Morgan fingerprint density at radius 3 is 2.65 bits per heavy atom. The summed E-state index contributed by atoms with van der Waals surface area (Å²) in [5.41, 5.74) is 0.131. The first kappa shape index (κ1) is 13.3. The number of benzene rings is 1. The van der Waals surface area contributed by atoms with Crippen molar-refractivity contribution >= 4 is 11.5 Å². The van der Waals surface area contributed by atoms with Crippen molar-refractivity contribution in [3.63, 3.8) is 0 Å². The zero-order chi connectivity index (χ0) is 13.0. The van der Waals surface area contributed by atoms with Crippen molar-refractivity contribution in [1.29, 1.82) is 0 Å². The van der Waals surface area contributed by atoms with Gasteiger partial charge in [0.05, 0.1) is 4.92 Å². The fraction of sp³-hybridized carbons (Fsp3) is 0.417. The molecule has 0 spiro atoms. The third-order valence-electron chi connectivity index (χ3n) is 2.52. The van der Waals surface area contributed by atoms with Crippen molar-refractivity contribution in [2.45, 2.75) is 26.7 Å². The molecule has 0 saturated heterocycles. The first-order chi connectivity index (χ1) is 7.91. The average Bonchev–Trinajstić information content (AvgIpc) is 2.25. The Morgan fingerprint density at radius 2 is 2.12 bits per heavy atom. The van der Waals surface area contributed by atoms with Gasteiger partial charge in [0.1, 0.15) is 11.6 Å². The molecule has 4 nitrogen and oxygen atoms in total. The summed E-state index contributed by atoms with van der Waals surface area (Å²) in [5.74, 6) is -0.617. The maximum atomic E-state index is 13.0. The van der Waals surface area contributed by atoms with Crippen LogP contribution < -0.4 is 0 Å². The summed E-state index contributed by atoms with van der Waals surface area (Å²) in [4.78, 5) is 21.6. The van der Waals surface area contributed by atoms with E-state index in [4.69, 9.17) is 0 Å². The first-order valence-corrected chi connectivity index (χ1v) is 5.37. The monoisotopic (exact) mass is 239 g/mol. The van der Waals surface area contributed by atoms with Crippen LogP contribution >= 0.6 is 0 Å². The number of hydrogen-bond acceptors (Lipinski definition) is 3. The van der Waals surface area contributed by atoms with Crippen LogP contribution in [0.3, 0.4) is 0 Å². The SMILES string of the molecule is CC(C)C(=O)CCc1cc(F)ccc1[N+](=O)[O-]. The van der Waals surface area contributed by atoms with Crippen LogP contribution in [-0.2, 0) is 11.2 Å². The molecule has 0 aliphatic heterocycles. The Balaban J connectivity index is 2.86. The average molecular weight is 239 g/mol. The highest BCUT2D eigenvalue weighted by Crippen LogP contribution is 2.21. The van der Waals surface area contributed by atoms with Crippen LogP contribution in [0.2, 0.25) is 0 Å².